The average Bonchev–Trinajstić information content (AvgIpc) is 2.72. The normalized spacial score (nSPS) is 10.4. The molecule has 0 aliphatic heterocycles. The molecule has 20 heavy (non-hydrogen) atoms. The Morgan fingerprint density at radius 2 is 2.05 bits per heavy atom. The number of hydrogen-bond acceptors (Lipinski definition) is 4. The number of benzene rings is 1. The molecule has 5 heteroatoms. The highest BCUT2D eigenvalue weighted by Crippen LogP contribution is 2.28. The van der Waals surface area contributed by atoms with Gasteiger partial charge in [-0.25, -0.2) is 4.98 Å². The Morgan fingerprint density at radius 3 is 2.60 bits per heavy atom. The topological polar surface area (TPSA) is 53.4 Å². The summed E-state index contributed by atoms with van der Waals surface area (Å²) in [7, 11) is 3.51. The third kappa shape index (κ3) is 2.66. The standard InChI is InChI=1S/C15H18N2O3/c1-10-11(2)17(3)15(16-10)9-20-13-6-5-12(8-18)7-14(13)19-4/h5-8H,9H2,1-4H3. The maximum absolute atomic E-state index is 10.7. The number of hydrogen-bond donors (Lipinski definition) is 0. The van der Waals surface area contributed by atoms with Gasteiger partial charge in [0.1, 0.15) is 18.7 Å². The Hall–Kier alpha value is -2.30. The van der Waals surface area contributed by atoms with E-state index in [0.717, 1.165) is 23.5 Å². The summed E-state index contributed by atoms with van der Waals surface area (Å²) in [6, 6.07) is 5.07. The zero-order chi connectivity index (χ0) is 14.7. The molecule has 1 aromatic carbocycles. The minimum absolute atomic E-state index is 0.349. The average molecular weight is 274 g/mol. The fourth-order valence-corrected chi connectivity index (χ4v) is 1.93. The number of carbonyl (C=O) groups excluding carboxylic acids is 1. The van der Waals surface area contributed by atoms with Crippen LogP contribution in [0.15, 0.2) is 18.2 Å². The molecule has 0 atom stereocenters. The molecule has 106 valence electrons. The maximum Gasteiger partial charge on any atom is 0.161 e. The van der Waals surface area contributed by atoms with E-state index in [0.29, 0.717) is 23.7 Å². The van der Waals surface area contributed by atoms with Crippen molar-refractivity contribution in [1.82, 2.24) is 9.55 Å². The van der Waals surface area contributed by atoms with Crippen molar-refractivity contribution in [1.29, 1.82) is 0 Å². The van der Waals surface area contributed by atoms with Gasteiger partial charge in [0.05, 0.1) is 12.8 Å². The molecule has 0 fully saturated rings. The highest BCUT2D eigenvalue weighted by atomic mass is 16.5. The zero-order valence-corrected chi connectivity index (χ0v) is 12.1. The van der Waals surface area contributed by atoms with Crippen molar-refractivity contribution in [2.75, 3.05) is 7.11 Å². The molecule has 0 radical (unpaired) electrons. The molecule has 0 amide bonds. The largest absolute Gasteiger partial charge is 0.493 e. The predicted octanol–water partition coefficient (Wildman–Crippen LogP) is 2.44. The fourth-order valence-electron chi connectivity index (χ4n) is 1.93. The van der Waals surface area contributed by atoms with Crippen LogP contribution in [0.2, 0.25) is 0 Å². The van der Waals surface area contributed by atoms with E-state index < -0.39 is 0 Å². The Kier molecular flexibility index (Phi) is 4.08. The molecule has 2 aromatic rings. The van der Waals surface area contributed by atoms with E-state index in [9.17, 15) is 4.79 Å². The monoisotopic (exact) mass is 274 g/mol. The Bertz CT molecular complexity index is 632. The Morgan fingerprint density at radius 1 is 1.30 bits per heavy atom. The quantitative estimate of drug-likeness (QED) is 0.786. The Balaban J connectivity index is 2.18. The van der Waals surface area contributed by atoms with E-state index in [2.05, 4.69) is 4.98 Å². The summed E-state index contributed by atoms with van der Waals surface area (Å²) >= 11 is 0. The van der Waals surface area contributed by atoms with Crippen LogP contribution in [-0.2, 0) is 13.7 Å². The fraction of sp³-hybridized carbons (Fsp3) is 0.333. The molecule has 0 saturated heterocycles. The zero-order valence-electron chi connectivity index (χ0n) is 12.1. The molecular weight excluding hydrogens is 256 g/mol. The van der Waals surface area contributed by atoms with Gasteiger partial charge in [0, 0.05) is 18.3 Å². The third-order valence-electron chi connectivity index (χ3n) is 3.39. The van der Waals surface area contributed by atoms with Crippen LogP contribution in [0.3, 0.4) is 0 Å². The number of rotatable bonds is 5. The lowest BCUT2D eigenvalue weighted by Crippen LogP contribution is -2.05. The number of nitrogens with zero attached hydrogens (tertiary/aromatic N) is 2. The molecule has 1 heterocycles. The van der Waals surface area contributed by atoms with Gasteiger partial charge < -0.3 is 14.0 Å². The summed E-state index contributed by atoms with van der Waals surface area (Å²) in [6.07, 6.45) is 0.776. The van der Waals surface area contributed by atoms with Crippen molar-refractivity contribution in [3.8, 4) is 11.5 Å². The molecule has 2 rings (SSSR count). The SMILES string of the molecule is COc1cc(C=O)ccc1OCc1nc(C)c(C)n1C. The van der Waals surface area contributed by atoms with Gasteiger partial charge in [0.2, 0.25) is 0 Å². The van der Waals surface area contributed by atoms with Crippen LogP contribution in [0.25, 0.3) is 0 Å². The molecule has 5 nitrogen and oxygen atoms in total. The number of aromatic nitrogens is 2. The molecule has 0 N–H and O–H groups in total. The third-order valence-corrected chi connectivity index (χ3v) is 3.39. The highest BCUT2D eigenvalue weighted by Gasteiger charge is 2.10. The molecule has 0 saturated carbocycles. The molecule has 0 aliphatic carbocycles. The smallest absolute Gasteiger partial charge is 0.161 e. The van der Waals surface area contributed by atoms with Crippen LogP contribution in [0, 0.1) is 13.8 Å². The van der Waals surface area contributed by atoms with Crippen molar-refractivity contribution < 1.29 is 14.3 Å². The molecule has 1 aromatic heterocycles. The number of carbonyl (C=O) groups is 1. The minimum Gasteiger partial charge on any atom is -0.493 e. The first-order valence-corrected chi connectivity index (χ1v) is 6.31. The molecule has 0 bridgehead atoms. The molecule has 0 aliphatic rings. The number of methoxy groups -OCH3 is 1. The second kappa shape index (κ2) is 5.77. The van der Waals surface area contributed by atoms with Gasteiger partial charge in [0.25, 0.3) is 0 Å². The molecule has 0 unspecified atom stereocenters. The number of imidazole rings is 1. The van der Waals surface area contributed by atoms with Crippen molar-refractivity contribution in [2.45, 2.75) is 20.5 Å². The maximum atomic E-state index is 10.7. The summed E-state index contributed by atoms with van der Waals surface area (Å²) in [4.78, 5) is 15.2. The first kappa shape index (κ1) is 14.1. The van der Waals surface area contributed by atoms with Gasteiger partial charge in [-0.1, -0.05) is 0 Å². The number of aldehydes is 1. The first-order valence-electron chi connectivity index (χ1n) is 6.31. The van der Waals surface area contributed by atoms with Crippen molar-refractivity contribution in [3.63, 3.8) is 0 Å². The van der Waals surface area contributed by atoms with Crippen LogP contribution in [0.4, 0.5) is 0 Å². The van der Waals surface area contributed by atoms with Crippen LogP contribution in [0.5, 0.6) is 11.5 Å². The van der Waals surface area contributed by atoms with E-state index in [-0.39, 0.29) is 0 Å². The van der Waals surface area contributed by atoms with Crippen LogP contribution < -0.4 is 9.47 Å². The lowest BCUT2D eigenvalue weighted by atomic mass is 10.2. The number of ether oxygens (including phenoxy) is 2. The van der Waals surface area contributed by atoms with Gasteiger partial charge in [-0.05, 0) is 32.0 Å². The Labute approximate surface area is 118 Å². The van der Waals surface area contributed by atoms with Crippen molar-refractivity contribution in [3.05, 3.63) is 41.0 Å². The van der Waals surface area contributed by atoms with Crippen LogP contribution in [-0.4, -0.2) is 22.9 Å². The van der Waals surface area contributed by atoms with Crippen molar-refractivity contribution in [2.24, 2.45) is 7.05 Å². The lowest BCUT2D eigenvalue weighted by molar-refractivity contribution is 0.112. The van der Waals surface area contributed by atoms with E-state index >= 15 is 0 Å². The summed E-state index contributed by atoms with van der Waals surface area (Å²) in [5.41, 5.74) is 2.67. The lowest BCUT2D eigenvalue weighted by Gasteiger charge is -2.11. The predicted molar refractivity (Wildman–Crippen MR) is 75.4 cm³/mol. The minimum atomic E-state index is 0.349. The second-order valence-electron chi connectivity index (χ2n) is 4.57. The van der Waals surface area contributed by atoms with E-state index in [1.807, 2.05) is 25.5 Å². The van der Waals surface area contributed by atoms with Crippen LogP contribution >= 0.6 is 0 Å². The second-order valence-corrected chi connectivity index (χ2v) is 4.57. The van der Waals surface area contributed by atoms with Gasteiger partial charge >= 0.3 is 0 Å². The summed E-state index contributed by atoms with van der Waals surface area (Å²) in [6.45, 7) is 4.34. The van der Waals surface area contributed by atoms with Crippen molar-refractivity contribution >= 4 is 6.29 Å². The summed E-state index contributed by atoms with van der Waals surface area (Å²) < 4.78 is 13.0. The first-order chi connectivity index (χ1) is 9.56. The van der Waals surface area contributed by atoms with Gasteiger partial charge in [-0.2, -0.15) is 0 Å². The highest BCUT2D eigenvalue weighted by molar-refractivity contribution is 5.76. The van der Waals surface area contributed by atoms with E-state index in [1.165, 1.54) is 0 Å². The van der Waals surface area contributed by atoms with Gasteiger partial charge in [-0.3, -0.25) is 4.79 Å². The van der Waals surface area contributed by atoms with Gasteiger partial charge in [0.15, 0.2) is 11.5 Å². The molecular formula is C15H18N2O3. The molecule has 0 spiro atoms. The number of aryl methyl sites for hydroxylation is 1. The van der Waals surface area contributed by atoms with E-state index in [1.54, 1.807) is 25.3 Å². The van der Waals surface area contributed by atoms with Crippen LogP contribution in [0.1, 0.15) is 27.6 Å². The summed E-state index contributed by atoms with van der Waals surface area (Å²) in [5, 5.41) is 0. The van der Waals surface area contributed by atoms with E-state index in [4.69, 9.17) is 9.47 Å². The summed E-state index contributed by atoms with van der Waals surface area (Å²) in [5.74, 6) is 1.98. The van der Waals surface area contributed by atoms with Gasteiger partial charge in [-0.15, -0.1) is 0 Å².